The lowest BCUT2D eigenvalue weighted by molar-refractivity contribution is 0.741. The Balaban J connectivity index is 2.20. The fraction of sp³-hybridized carbons (Fsp3) is 0.273. The summed E-state index contributed by atoms with van der Waals surface area (Å²) in [4.78, 5) is 0. The topological polar surface area (TPSA) is 51.8 Å². The van der Waals surface area contributed by atoms with Crippen molar-refractivity contribution in [1.82, 2.24) is 10.2 Å². The van der Waals surface area contributed by atoms with Crippen LogP contribution in [0.3, 0.4) is 0 Å². The first-order chi connectivity index (χ1) is 6.78. The Morgan fingerprint density at radius 3 is 2.50 bits per heavy atom. The first kappa shape index (κ1) is 7.88. The molecule has 3 rings (SSSR count). The third kappa shape index (κ3) is 1.09. The van der Waals surface area contributed by atoms with Gasteiger partial charge in [0.25, 0.3) is 0 Å². The zero-order valence-electron chi connectivity index (χ0n) is 7.77. The van der Waals surface area contributed by atoms with Gasteiger partial charge in [0, 0.05) is 16.3 Å². The Morgan fingerprint density at radius 1 is 1.07 bits per heavy atom. The van der Waals surface area contributed by atoms with Crippen molar-refractivity contribution in [3.8, 4) is 0 Å². The maximum absolute atomic E-state index is 6.12. The van der Waals surface area contributed by atoms with Gasteiger partial charge in [0.15, 0.2) is 0 Å². The Bertz CT molecular complexity index is 489. The number of aromatic nitrogens is 2. The molecule has 1 aliphatic rings. The van der Waals surface area contributed by atoms with Crippen LogP contribution in [0.25, 0.3) is 10.8 Å². The number of hydrogen-bond donors (Lipinski definition) is 1. The van der Waals surface area contributed by atoms with Crippen molar-refractivity contribution in [2.45, 2.75) is 18.4 Å². The third-order valence-electron chi connectivity index (χ3n) is 2.91. The van der Waals surface area contributed by atoms with Crippen LogP contribution in [0.15, 0.2) is 30.6 Å². The molecule has 2 N–H and O–H groups in total. The predicted octanol–water partition coefficient (Wildman–Crippen LogP) is 1.58. The highest BCUT2D eigenvalue weighted by Gasteiger charge is 2.39. The predicted molar refractivity (Wildman–Crippen MR) is 54.6 cm³/mol. The Labute approximate surface area is 81.9 Å². The molecule has 0 bridgehead atoms. The Hall–Kier alpha value is -1.48. The molecule has 1 aromatic carbocycles. The van der Waals surface area contributed by atoms with E-state index in [1.165, 1.54) is 5.56 Å². The molecule has 0 aliphatic heterocycles. The summed E-state index contributed by atoms with van der Waals surface area (Å²) in [6.07, 6.45) is 5.74. The van der Waals surface area contributed by atoms with Crippen molar-refractivity contribution < 1.29 is 0 Å². The van der Waals surface area contributed by atoms with Gasteiger partial charge in [0.05, 0.1) is 12.4 Å². The molecule has 70 valence electrons. The number of hydrogen-bond acceptors (Lipinski definition) is 3. The lowest BCUT2D eigenvalue weighted by Crippen LogP contribution is -2.18. The van der Waals surface area contributed by atoms with E-state index in [2.05, 4.69) is 28.4 Å². The van der Waals surface area contributed by atoms with Gasteiger partial charge in [0.1, 0.15) is 0 Å². The van der Waals surface area contributed by atoms with E-state index in [1.807, 2.05) is 0 Å². The van der Waals surface area contributed by atoms with E-state index in [9.17, 15) is 0 Å². The summed E-state index contributed by atoms with van der Waals surface area (Å²) in [6.45, 7) is 0. The lowest BCUT2D eigenvalue weighted by atomic mass is 10.0. The Kier molecular flexibility index (Phi) is 1.42. The van der Waals surface area contributed by atoms with Gasteiger partial charge in [-0.25, -0.2) is 0 Å². The summed E-state index contributed by atoms with van der Waals surface area (Å²) in [5, 5.41) is 9.94. The molecule has 1 saturated carbocycles. The molecule has 1 aliphatic carbocycles. The molecule has 3 nitrogen and oxygen atoms in total. The molecule has 0 spiro atoms. The van der Waals surface area contributed by atoms with Gasteiger partial charge in [-0.1, -0.05) is 12.1 Å². The lowest BCUT2D eigenvalue weighted by Gasteiger charge is -2.09. The summed E-state index contributed by atoms with van der Waals surface area (Å²) in [6, 6.07) is 6.28. The van der Waals surface area contributed by atoms with Gasteiger partial charge in [-0.3, -0.25) is 0 Å². The van der Waals surface area contributed by atoms with Crippen LogP contribution >= 0.6 is 0 Å². The second kappa shape index (κ2) is 2.51. The van der Waals surface area contributed by atoms with Gasteiger partial charge in [-0.15, -0.1) is 0 Å². The summed E-state index contributed by atoms with van der Waals surface area (Å²) < 4.78 is 0. The summed E-state index contributed by atoms with van der Waals surface area (Å²) in [5.74, 6) is 0. The molecule has 2 aromatic rings. The van der Waals surface area contributed by atoms with Crippen molar-refractivity contribution in [3.63, 3.8) is 0 Å². The van der Waals surface area contributed by atoms with Crippen molar-refractivity contribution in [3.05, 3.63) is 36.2 Å². The molecule has 0 radical (unpaired) electrons. The molecule has 14 heavy (non-hydrogen) atoms. The highest BCUT2D eigenvalue weighted by molar-refractivity contribution is 5.81. The van der Waals surface area contributed by atoms with Crippen LogP contribution in [-0.2, 0) is 5.54 Å². The van der Waals surface area contributed by atoms with E-state index < -0.39 is 0 Å². The van der Waals surface area contributed by atoms with Gasteiger partial charge >= 0.3 is 0 Å². The van der Waals surface area contributed by atoms with Crippen molar-refractivity contribution in [2.24, 2.45) is 5.73 Å². The normalized spacial score (nSPS) is 18.4. The van der Waals surface area contributed by atoms with Gasteiger partial charge < -0.3 is 5.73 Å². The number of nitrogens with two attached hydrogens (primary N) is 1. The van der Waals surface area contributed by atoms with Crippen molar-refractivity contribution >= 4 is 10.8 Å². The van der Waals surface area contributed by atoms with Crippen LogP contribution in [0.2, 0.25) is 0 Å². The SMILES string of the molecule is NC1(c2ccc3cnncc3c2)CC1. The highest BCUT2D eigenvalue weighted by atomic mass is 15.1. The number of nitrogens with zero attached hydrogens (tertiary/aromatic N) is 2. The molecule has 3 heteroatoms. The van der Waals surface area contributed by atoms with Crippen LogP contribution in [-0.4, -0.2) is 10.2 Å². The summed E-state index contributed by atoms with van der Waals surface area (Å²) in [5.41, 5.74) is 7.29. The molecular formula is C11H11N3. The van der Waals surface area contributed by atoms with Crippen molar-refractivity contribution in [1.29, 1.82) is 0 Å². The quantitative estimate of drug-likeness (QED) is 0.733. The van der Waals surface area contributed by atoms with Crippen LogP contribution in [0, 0.1) is 0 Å². The van der Waals surface area contributed by atoms with E-state index in [0.29, 0.717) is 0 Å². The second-order valence-corrected chi connectivity index (χ2v) is 3.99. The zero-order valence-corrected chi connectivity index (χ0v) is 7.77. The molecule has 1 aromatic heterocycles. The van der Waals surface area contributed by atoms with Gasteiger partial charge in [0.2, 0.25) is 0 Å². The first-order valence-electron chi connectivity index (χ1n) is 4.78. The molecule has 0 unspecified atom stereocenters. The number of rotatable bonds is 1. The number of benzene rings is 1. The van der Waals surface area contributed by atoms with Crippen molar-refractivity contribution in [2.75, 3.05) is 0 Å². The van der Waals surface area contributed by atoms with Crippen LogP contribution in [0.5, 0.6) is 0 Å². The second-order valence-electron chi connectivity index (χ2n) is 3.99. The molecule has 1 heterocycles. The van der Waals surface area contributed by atoms with E-state index in [0.717, 1.165) is 23.6 Å². The first-order valence-corrected chi connectivity index (χ1v) is 4.78. The van der Waals surface area contributed by atoms with E-state index in [4.69, 9.17) is 5.73 Å². The van der Waals surface area contributed by atoms with E-state index in [-0.39, 0.29) is 5.54 Å². The average Bonchev–Trinajstić information content (AvgIpc) is 2.97. The summed E-state index contributed by atoms with van der Waals surface area (Å²) in [7, 11) is 0. The minimum atomic E-state index is -0.0581. The minimum Gasteiger partial charge on any atom is -0.321 e. The fourth-order valence-electron chi connectivity index (χ4n) is 1.73. The monoisotopic (exact) mass is 185 g/mol. The highest BCUT2D eigenvalue weighted by Crippen LogP contribution is 2.43. The largest absolute Gasteiger partial charge is 0.321 e. The van der Waals surface area contributed by atoms with Crippen LogP contribution in [0.1, 0.15) is 18.4 Å². The zero-order chi connectivity index (χ0) is 9.60. The van der Waals surface area contributed by atoms with E-state index in [1.54, 1.807) is 12.4 Å². The fourth-order valence-corrected chi connectivity index (χ4v) is 1.73. The molecule has 0 saturated heterocycles. The Morgan fingerprint density at radius 2 is 1.79 bits per heavy atom. The number of fused-ring (bicyclic) bond motifs is 1. The third-order valence-corrected chi connectivity index (χ3v) is 2.91. The van der Waals surface area contributed by atoms with Crippen LogP contribution < -0.4 is 5.73 Å². The molecular weight excluding hydrogens is 174 g/mol. The maximum atomic E-state index is 6.12. The molecule has 0 atom stereocenters. The van der Waals surface area contributed by atoms with Gasteiger partial charge in [-0.2, -0.15) is 10.2 Å². The molecule has 1 fully saturated rings. The molecule has 0 amide bonds. The van der Waals surface area contributed by atoms with Crippen LogP contribution in [0.4, 0.5) is 0 Å². The minimum absolute atomic E-state index is 0.0581. The average molecular weight is 185 g/mol. The summed E-state index contributed by atoms with van der Waals surface area (Å²) >= 11 is 0. The smallest absolute Gasteiger partial charge is 0.0574 e. The maximum Gasteiger partial charge on any atom is 0.0574 e. The van der Waals surface area contributed by atoms with E-state index >= 15 is 0 Å². The standard InChI is InChI=1S/C11H11N3/c12-11(3-4-11)10-2-1-8-6-13-14-7-9(8)5-10/h1-2,5-7H,3-4,12H2. The van der Waals surface area contributed by atoms with Gasteiger partial charge in [-0.05, 0) is 24.5 Å².